The maximum absolute atomic E-state index is 13.9. The summed E-state index contributed by atoms with van der Waals surface area (Å²) in [6, 6.07) is 10.2. The quantitative estimate of drug-likeness (QED) is 0.207. The second kappa shape index (κ2) is 9.82. The minimum absolute atomic E-state index is 0.0475. The number of hydrogen-bond acceptors (Lipinski definition) is 7. The van der Waals surface area contributed by atoms with Crippen LogP contribution in [0.25, 0.3) is 11.4 Å². The fourth-order valence-corrected chi connectivity index (χ4v) is 4.13. The molecule has 1 aliphatic rings. The monoisotopic (exact) mass is 491 g/mol. The van der Waals surface area contributed by atoms with Gasteiger partial charge in [-0.15, -0.1) is 0 Å². The van der Waals surface area contributed by atoms with Crippen LogP contribution >= 0.6 is 0 Å². The number of alkyl halides is 3. The van der Waals surface area contributed by atoms with Crippen LogP contribution in [0.4, 0.5) is 13.2 Å². The maximum Gasteiger partial charge on any atom is 0.416 e. The van der Waals surface area contributed by atoms with E-state index in [0.717, 1.165) is 11.6 Å². The largest absolute Gasteiger partial charge is 0.497 e. The Morgan fingerprint density at radius 3 is 2.63 bits per heavy atom. The smallest absolute Gasteiger partial charge is 0.416 e. The molecule has 4 N–H and O–H groups in total. The van der Waals surface area contributed by atoms with Crippen molar-refractivity contribution in [2.45, 2.75) is 37.6 Å². The van der Waals surface area contributed by atoms with Gasteiger partial charge in [-0.25, -0.2) is 0 Å². The minimum atomic E-state index is -4.58. The normalized spacial score (nSPS) is 18.8. The SMILES string of the molecule is COc1ccc(CCc2ccc(-c3noc([C@@H]4[C@@H](O)CCN4/C(N)=N\O)n3)cc2C(F)(F)F)cc1. The summed E-state index contributed by atoms with van der Waals surface area (Å²) in [5.41, 5.74) is 6.01. The molecule has 0 saturated carbocycles. The average Bonchev–Trinajstić information content (AvgIpc) is 3.48. The van der Waals surface area contributed by atoms with E-state index in [4.69, 9.17) is 20.2 Å². The number of aliphatic hydroxyl groups excluding tert-OH is 1. The van der Waals surface area contributed by atoms with Crippen molar-refractivity contribution in [1.29, 1.82) is 0 Å². The van der Waals surface area contributed by atoms with Gasteiger partial charge in [0.25, 0.3) is 5.89 Å². The Balaban J connectivity index is 1.58. The average molecular weight is 491 g/mol. The summed E-state index contributed by atoms with van der Waals surface area (Å²) in [6.07, 6.45) is -4.61. The molecular weight excluding hydrogens is 467 g/mol. The number of nitrogens with zero attached hydrogens (tertiary/aromatic N) is 4. The molecule has 1 fully saturated rings. The van der Waals surface area contributed by atoms with Crippen molar-refractivity contribution in [2.24, 2.45) is 10.9 Å². The van der Waals surface area contributed by atoms with E-state index in [0.29, 0.717) is 18.6 Å². The van der Waals surface area contributed by atoms with Gasteiger partial charge in [0.1, 0.15) is 11.8 Å². The second-order valence-electron chi connectivity index (χ2n) is 8.13. The molecule has 2 atom stereocenters. The van der Waals surface area contributed by atoms with Crippen molar-refractivity contribution < 1.29 is 32.7 Å². The highest BCUT2D eigenvalue weighted by Crippen LogP contribution is 2.36. The van der Waals surface area contributed by atoms with Crippen LogP contribution in [0.2, 0.25) is 0 Å². The molecule has 1 aromatic heterocycles. The molecule has 186 valence electrons. The molecule has 0 bridgehead atoms. The molecule has 3 aromatic rings. The van der Waals surface area contributed by atoms with Crippen molar-refractivity contribution in [1.82, 2.24) is 15.0 Å². The molecule has 0 amide bonds. The molecule has 0 spiro atoms. The summed E-state index contributed by atoms with van der Waals surface area (Å²) in [5, 5.41) is 26.0. The van der Waals surface area contributed by atoms with E-state index in [1.54, 1.807) is 19.2 Å². The Bertz CT molecular complexity index is 1200. The van der Waals surface area contributed by atoms with Crippen LogP contribution in [0.5, 0.6) is 5.75 Å². The summed E-state index contributed by atoms with van der Waals surface area (Å²) in [7, 11) is 1.55. The number of halogens is 3. The predicted octanol–water partition coefficient (Wildman–Crippen LogP) is 3.36. The van der Waals surface area contributed by atoms with Gasteiger partial charge in [-0.1, -0.05) is 34.6 Å². The highest BCUT2D eigenvalue weighted by Gasteiger charge is 2.40. The van der Waals surface area contributed by atoms with E-state index in [1.807, 2.05) is 12.1 Å². The van der Waals surface area contributed by atoms with Crippen LogP contribution in [0.1, 0.15) is 35.0 Å². The third kappa shape index (κ3) is 5.16. The molecule has 0 radical (unpaired) electrons. The van der Waals surface area contributed by atoms with Crippen LogP contribution < -0.4 is 10.5 Å². The number of aromatic nitrogens is 2. The Morgan fingerprint density at radius 1 is 1.23 bits per heavy atom. The maximum atomic E-state index is 13.9. The molecule has 9 nitrogen and oxygen atoms in total. The third-order valence-corrected chi connectivity index (χ3v) is 5.97. The summed E-state index contributed by atoms with van der Waals surface area (Å²) in [5.74, 6) is 0.319. The van der Waals surface area contributed by atoms with E-state index in [-0.39, 0.29) is 41.8 Å². The lowest BCUT2D eigenvalue weighted by Gasteiger charge is -2.22. The highest BCUT2D eigenvalue weighted by atomic mass is 19.4. The Hall–Kier alpha value is -3.80. The van der Waals surface area contributed by atoms with Gasteiger partial charge in [-0.05, 0) is 48.6 Å². The zero-order valence-electron chi connectivity index (χ0n) is 18.7. The Labute approximate surface area is 198 Å². The van der Waals surface area contributed by atoms with Crippen molar-refractivity contribution >= 4 is 5.96 Å². The summed E-state index contributed by atoms with van der Waals surface area (Å²) < 4.78 is 52.0. The fraction of sp³-hybridized carbons (Fsp3) is 0.348. The molecule has 2 heterocycles. The Morgan fingerprint density at radius 2 is 1.97 bits per heavy atom. The minimum Gasteiger partial charge on any atom is -0.497 e. The summed E-state index contributed by atoms with van der Waals surface area (Å²) in [4.78, 5) is 5.57. The second-order valence-corrected chi connectivity index (χ2v) is 8.13. The number of oxime groups is 1. The first kappa shape index (κ1) is 24.3. The molecule has 35 heavy (non-hydrogen) atoms. The number of guanidine groups is 1. The fourth-order valence-electron chi connectivity index (χ4n) is 4.13. The number of aliphatic hydroxyl groups is 1. The standard InChI is InChI=1S/C23H24F3N5O4/c1-34-16-8-3-13(4-9-16)2-5-14-6-7-15(12-17(14)23(24,25)26)20-28-21(35-30-20)19-18(32)10-11-31(19)22(27)29-33/h3-4,6-9,12,18-19,32-33H,2,5,10-11H2,1H3,(H2,27,29)/t18-,19-/m0/s1. The number of nitrogens with two attached hydrogens (primary N) is 1. The number of hydrogen-bond donors (Lipinski definition) is 3. The van der Waals surface area contributed by atoms with Gasteiger partial charge in [-0.2, -0.15) is 18.2 Å². The molecule has 12 heteroatoms. The van der Waals surface area contributed by atoms with Crippen LogP contribution in [0.15, 0.2) is 52.1 Å². The van der Waals surface area contributed by atoms with Crippen LogP contribution in [0.3, 0.4) is 0 Å². The zero-order valence-corrected chi connectivity index (χ0v) is 18.7. The molecule has 2 aromatic carbocycles. The van der Waals surface area contributed by atoms with E-state index in [1.165, 1.54) is 17.0 Å². The lowest BCUT2D eigenvalue weighted by Crippen LogP contribution is -2.38. The van der Waals surface area contributed by atoms with Gasteiger partial charge in [0, 0.05) is 12.1 Å². The third-order valence-electron chi connectivity index (χ3n) is 5.97. The van der Waals surface area contributed by atoms with Crippen molar-refractivity contribution in [2.75, 3.05) is 13.7 Å². The molecule has 1 aliphatic heterocycles. The van der Waals surface area contributed by atoms with Crippen LogP contribution in [0, 0.1) is 0 Å². The van der Waals surface area contributed by atoms with Gasteiger partial charge >= 0.3 is 6.18 Å². The summed E-state index contributed by atoms with van der Waals surface area (Å²) >= 11 is 0. The van der Waals surface area contributed by atoms with Crippen molar-refractivity contribution in [3.8, 4) is 17.1 Å². The molecule has 4 rings (SSSR count). The van der Waals surface area contributed by atoms with E-state index in [9.17, 15) is 18.3 Å². The van der Waals surface area contributed by atoms with Crippen LogP contribution in [-0.4, -0.2) is 51.1 Å². The summed E-state index contributed by atoms with van der Waals surface area (Å²) in [6.45, 7) is 0.278. The number of benzene rings is 2. The lowest BCUT2D eigenvalue weighted by molar-refractivity contribution is -0.138. The van der Waals surface area contributed by atoms with Crippen molar-refractivity contribution in [3.05, 3.63) is 65.0 Å². The van der Waals surface area contributed by atoms with Gasteiger partial charge < -0.3 is 30.2 Å². The van der Waals surface area contributed by atoms with E-state index < -0.39 is 23.9 Å². The van der Waals surface area contributed by atoms with Gasteiger partial charge in [0.2, 0.25) is 11.8 Å². The van der Waals surface area contributed by atoms with Gasteiger partial charge in [0.15, 0.2) is 0 Å². The van der Waals surface area contributed by atoms with Crippen molar-refractivity contribution in [3.63, 3.8) is 0 Å². The number of ether oxygens (including phenoxy) is 1. The number of rotatable bonds is 6. The zero-order chi connectivity index (χ0) is 25.2. The highest BCUT2D eigenvalue weighted by molar-refractivity contribution is 5.78. The van der Waals surface area contributed by atoms with Gasteiger partial charge in [-0.3, -0.25) is 0 Å². The van der Waals surface area contributed by atoms with E-state index in [2.05, 4.69) is 15.3 Å². The molecule has 1 saturated heterocycles. The van der Waals surface area contributed by atoms with E-state index >= 15 is 0 Å². The van der Waals surface area contributed by atoms with Crippen LogP contribution in [-0.2, 0) is 19.0 Å². The first-order valence-electron chi connectivity index (χ1n) is 10.8. The first-order chi connectivity index (χ1) is 16.7. The molecule has 0 aliphatic carbocycles. The first-order valence-corrected chi connectivity index (χ1v) is 10.8. The topological polar surface area (TPSA) is 130 Å². The molecular formula is C23H24F3N5O4. The number of aryl methyl sites for hydroxylation is 2. The lowest BCUT2D eigenvalue weighted by atomic mass is 9.97. The molecule has 0 unspecified atom stereocenters. The predicted molar refractivity (Wildman–Crippen MR) is 119 cm³/mol. The van der Waals surface area contributed by atoms with Gasteiger partial charge in [0.05, 0.1) is 18.8 Å². The Kier molecular flexibility index (Phi) is 6.83. The number of likely N-dealkylation sites (tertiary alicyclic amines) is 1. The number of methoxy groups -OCH3 is 1.